The molecule has 2 aromatic carbocycles. The summed E-state index contributed by atoms with van der Waals surface area (Å²) in [5.74, 6) is -0.278. The number of hydrogen-bond donors (Lipinski definition) is 0. The van der Waals surface area contributed by atoms with Crippen LogP contribution >= 0.6 is 15.9 Å². The standard InChI is InChI=1S/C19H16BrFN2O2.CO2/c1-12-7-17(20)9-16(19(12)23(24)25)11-22-10-15(8-13(22)2)14-3-5-18(21)6-4-14;2-1-3/h3-10H,11H2,1-2H3;. The summed E-state index contributed by atoms with van der Waals surface area (Å²) in [5, 5.41) is 11.4. The third-order valence-corrected chi connectivity index (χ3v) is 4.62. The highest BCUT2D eigenvalue weighted by Crippen LogP contribution is 2.30. The summed E-state index contributed by atoms with van der Waals surface area (Å²) in [7, 11) is 0. The largest absolute Gasteiger partial charge is 0.373 e. The van der Waals surface area contributed by atoms with Gasteiger partial charge >= 0.3 is 6.15 Å². The zero-order valence-electron chi connectivity index (χ0n) is 15.1. The smallest absolute Gasteiger partial charge is 0.346 e. The van der Waals surface area contributed by atoms with Crippen LogP contribution < -0.4 is 0 Å². The number of aromatic nitrogens is 1. The first-order valence-electron chi connectivity index (χ1n) is 8.12. The normalized spacial score (nSPS) is 10.0. The van der Waals surface area contributed by atoms with Crippen molar-refractivity contribution in [2.75, 3.05) is 0 Å². The van der Waals surface area contributed by atoms with Crippen molar-refractivity contribution < 1.29 is 18.9 Å². The van der Waals surface area contributed by atoms with Crippen molar-refractivity contribution in [3.05, 3.63) is 85.9 Å². The van der Waals surface area contributed by atoms with Crippen molar-refractivity contribution in [1.82, 2.24) is 4.57 Å². The first kappa shape index (κ1) is 21.2. The van der Waals surface area contributed by atoms with Crippen LogP contribution in [0.25, 0.3) is 11.1 Å². The molecule has 0 amide bonds. The molecule has 8 heteroatoms. The maximum absolute atomic E-state index is 13.1. The summed E-state index contributed by atoms with van der Waals surface area (Å²) in [6, 6.07) is 11.8. The summed E-state index contributed by atoms with van der Waals surface area (Å²) >= 11 is 3.41. The molecule has 0 aliphatic heterocycles. The molecule has 28 heavy (non-hydrogen) atoms. The highest BCUT2D eigenvalue weighted by molar-refractivity contribution is 9.10. The minimum atomic E-state index is -0.336. The molecule has 0 saturated heterocycles. The lowest BCUT2D eigenvalue weighted by Crippen LogP contribution is -2.05. The Balaban J connectivity index is 0.000000878. The van der Waals surface area contributed by atoms with E-state index < -0.39 is 0 Å². The van der Waals surface area contributed by atoms with Crippen molar-refractivity contribution in [2.24, 2.45) is 0 Å². The molecular weight excluding hydrogens is 431 g/mol. The molecule has 3 aromatic rings. The van der Waals surface area contributed by atoms with Crippen LogP contribution in [0.1, 0.15) is 16.8 Å². The molecule has 6 nitrogen and oxygen atoms in total. The van der Waals surface area contributed by atoms with Gasteiger partial charge in [0.1, 0.15) is 5.82 Å². The Morgan fingerprint density at radius 2 is 1.71 bits per heavy atom. The minimum Gasteiger partial charge on any atom is -0.346 e. The number of hydrogen-bond acceptors (Lipinski definition) is 4. The van der Waals surface area contributed by atoms with Gasteiger partial charge in [-0.15, -0.1) is 0 Å². The van der Waals surface area contributed by atoms with Gasteiger partial charge in [0.25, 0.3) is 5.69 Å². The molecule has 1 aromatic heterocycles. The van der Waals surface area contributed by atoms with Crippen LogP contribution in [0, 0.1) is 29.8 Å². The Labute approximate surface area is 168 Å². The zero-order chi connectivity index (χ0) is 20.8. The van der Waals surface area contributed by atoms with Gasteiger partial charge in [0, 0.05) is 21.9 Å². The van der Waals surface area contributed by atoms with E-state index in [1.165, 1.54) is 12.1 Å². The first-order chi connectivity index (χ1) is 13.3. The second-order valence-electron chi connectivity index (χ2n) is 6.08. The van der Waals surface area contributed by atoms with E-state index in [1.54, 1.807) is 31.2 Å². The lowest BCUT2D eigenvalue weighted by Gasteiger charge is -2.09. The third kappa shape index (κ3) is 5.00. The van der Waals surface area contributed by atoms with Gasteiger partial charge in [0.2, 0.25) is 0 Å². The molecule has 0 radical (unpaired) electrons. The quantitative estimate of drug-likeness (QED) is 0.414. The maximum atomic E-state index is 13.1. The minimum absolute atomic E-state index is 0.139. The predicted molar refractivity (Wildman–Crippen MR) is 104 cm³/mol. The maximum Gasteiger partial charge on any atom is 0.373 e. The molecule has 3 rings (SSSR count). The predicted octanol–water partition coefficient (Wildman–Crippen LogP) is 5.05. The number of nitrogens with zero attached hydrogens (tertiary/aromatic N) is 2. The van der Waals surface area contributed by atoms with E-state index in [4.69, 9.17) is 9.59 Å². The topological polar surface area (TPSA) is 82.2 Å². The Bertz CT molecular complexity index is 1040. The van der Waals surface area contributed by atoms with E-state index in [1.807, 2.05) is 23.8 Å². The second-order valence-corrected chi connectivity index (χ2v) is 6.99. The molecule has 144 valence electrons. The summed E-state index contributed by atoms with van der Waals surface area (Å²) in [5.41, 5.74) is 4.24. The molecule has 0 unspecified atom stereocenters. The van der Waals surface area contributed by atoms with Gasteiger partial charge in [0.15, 0.2) is 0 Å². The Morgan fingerprint density at radius 3 is 2.29 bits per heavy atom. The van der Waals surface area contributed by atoms with E-state index in [0.717, 1.165) is 21.3 Å². The van der Waals surface area contributed by atoms with Gasteiger partial charge in [-0.25, -0.2) is 4.39 Å². The van der Waals surface area contributed by atoms with E-state index in [2.05, 4.69) is 15.9 Å². The van der Waals surface area contributed by atoms with Gasteiger partial charge in [-0.3, -0.25) is 10.1 Å². The van der Waals surface area contributed by atoms with Crippen molar-refractivity contribution in [1.29, 1.82) is 0 Å². The fourth-order valence-corrected chi connectivity index (χ4v) is 3.58. The summed E-state index contributed by atoms with van der Waals surface area (Å²) in [6.07, 6.45) is 2.18. The van der Waals surface area contributed by atoms with Crippen LogP contribution in [-0.4, -0.2) is 15.6 Å². The number of carbonyl (C=O) groups excluding carboxylic acids is 2. The lowest BCUT2D eigenvalue weighted by atomic mass is 10.1. The van der Waals surface area contributed by atoms with Crippen LogP contribution in [0.15, 0.2) is 53.1 Å². The molecule has 0 N–H and O–H groups in total. The summed E-state index contributed by atoms with van der Waals surface area (Å²) in [6.45, 7) is 4.08. The fraction of sp³-hybridized carbons (Fsp3) is 0.150. The molecule has 0 saturated carbocycles. The average Bonchev–Trinajstić information content (AvgIpc) is 2.96. The third-order valence-electron chi connectivity index (χ3n) is 4.16. The first-order valence-corrected chi connectivity index (χ1v) is 8.91. The second kappa shape index (κ2) is 9.21. The Morgan fingerprint density at radius 1 is 1.11 bits per heavy atom. The number of halogens is 2. The van der Waals surface area contributed by atoms with Crippen LogP contribution in [0.4, 0.5) is 10.1 Å². The van der Waals surface area contributed by atoms with Gasteiger partial charge in [0.05, 0.1) is 17.0 Å². The van der Waals surface area contributed by atoms with Crippen LogP contribution in [0.3, 0.4) is 0 Å². The van der Waals surface area contributed by atoms with Crippen LogP contribution in [-0.2, 0) is 16.1 Å². The highest BCUT2D eigenvalue weighted by Gasteiger charge is 2.19. The SMILES string of the molecule is Cc1cc(Br)cc(Cn2cc(-c3ccc(F)cc3)cc2C)c1[N+](=O)[O-].O=C=O. The van der Waals surface area contributed by atoms with Crippen molar-refractivity contribution >= 4 is 27.8 Å². The molecule has 0 aliphatic carbocycles. The zero-order valence-corrected chi connectivity index (χ0v) is 16.7. The van der Waals surface area contributed by atoms with E-state index in [9.17, 15) is 14.5 Å². The van der Waals surface area contributed by atoms with Crippen molar-refractivity contribution in [2.45, 2.75) is 20.4 Å². The van der Waals surface area contributed by atoms with Crippen molar-refractivity contribution in [3.63, 3.8) is 0 Å². The van der Waals surface area contributed by atoms with Gasteiger partial charge in [-0.05, 0) is 55.3 Å². The van der Waals surface area contributed by atoms with E-state index >= 15 is 0 Å². The number of rotatable bonds is 4. The molecule has 0 bridgehead atoms. The van der Waals surface area contributed by atoms with Gasteiger partial charge in [-0.1, -0.05) is 28.1 Å². The summed E-state index contributed by atoms with van der Waals surface area (Å²) in [4.78, 5) is 27.3. The Kier molecular flexibility index (Phi) is 6.98. The fourth-order valence-electron chi connectivity index (χ4n) is 2.96. The monoisotopic (exact) mass is 446 g/mol. The van der Waals surface area contributed by atoms with E-state index in [0.29, 0.717) is 17.7 Å². The average molecular weight is 447 g/mol. The van der Waals surface area contributed by atoms with Gasteiger partial charge in [-0.2, -0.15) is 9.59 Å². The van der Waals surface area contributed by atoms with Crippen molar-refractivity contribution in [3.8, 4) is 11.1 Å². The number of benzene rings is 2. The lowest BCUT2D eigenvalue weighted by molar-refractivity contribution is -0.386. The highest BCUT2D eigenvalue weighted by atomic mass is 79.9. The molecule has 0 atom stereocenters. The Hall–Kier alpha value is -3.09. The molecule has 0 spiro atoms. The van der Waals surface area contributed by atoms with E-state index in [-0.39, 0.29) is 22.6 Å². The van der Waals surface area contributed by atoms with Crippen LogP contribution in [0.2, 0.25) is 0 Å². The summed E-state index contributed by atoms with van der Waals surface area (Å²) < 4.78 is 15.9. The van der Waals surface area contributed by atoms with Gasteiger partial charge < -0.3 is 4.57 Å². The molecular formula is C20H16BrFN2O4. The number of aryl methyl sites for hydroxylation is 2. The van der Waals surface area contributed by atoms with Crippen LogP contribution in [0.5, 0.6) is 0 Å². The number of nitro groups is 1. The molecule has 1 heterocycles. The number of nitro benzene ring substituents is 1. The molecule has 0 fully saturated rings. The molecule has 0 aliphatic rings.